The van der Waals surface area contributed by atoms with Gasteiger partial charge in [-0.05, 0) is 47.1 Å². The zero-order valence-corrected chi connectivity index (χ0v) is 12.7. The summed E-state index contributed by atoms with van der Waals surface area (Å²) in [6, 6.07) is 9.38. The summed E-state index contributed by atoms with van der Waals surface area (Å²) in [5.41, 5.74) is 0.804. The first-order valence-electron chi connectivity index (χ1n) is 6.15. The van der Waals surface area contributed by atoms with E-state index in [1.807, 2.05) is 6.07 Å². The Kier molecular flexibility index (Phi) is 4.64. The molecule has 0 saturated heterocycles. The first kappa shape index (κ1) is 15.1. The lowest BCUT2D eigenvalue weighted by Gasteiger charge is -2.13. The normalized spacial score (nSPS) is 11.7. The number of pyridine rings is 1. The van der Waals surface area contributed by atoms with Gasteiger partial charge in [-0.25, -0.2) is 0 Å². The van der Waals surface area contributed by atoms with Crippen LogP contribution in [0.5, 0.6) is 0 Å². The highest BCUT2D eigenvalue weighted by Gasteiger charge is 2.17. The van der Waals surface area contributed by atoms with Gasteiger partial charge in [-0.3, -0.25) is 19.9 Å². The van der Waals surface area contributed by atoms with Gasteiger partial charge < -0.3 is 5.32 Å². The molecule has 1 atom stereocenters. The Hall–Kier alpha value is -2.28. The molecular formula is C14H12BrN3O3. The van der Waals surface area contributed by atoms with Crippen molar-refractivity contribution in [3.05, 3.63) is 68.4 Å². The van der Waals surface area contributed by atoms with E-state index in [0.717, 1.165) is 5.69 Å². The van der Waals surface area contributed by atoms with Crippen LogP contribution in [0, 0.1) is 10.1 Å². The number of aromatic nitrogens is 1. The molecule has 1 unspecified atom stereocenters. The average Bonchev–Trinajstić information content (AvgIpc) is 2.48. The molecule has 108 valence electrons. The molecule has 0 aliphatic rings. The highest BCUT2D eigenvalue weighted by Crippen LogP contribution is 2.25. The minimum atomic E-state index is -0.539. The Morgan fingerprint density at radius 1 is 1.38 bits per heavy atom. The number of nitrogens with one attached hydrogen (secondary N) is 1. The van der Waals surface area contributed by atoms with Crippen LogP contribution in [0.2, 0.25) is 0 Å². The molecule has 21 heavy (non-hydrogen) atoms. The Labute approximate surface area is 129 Å². The van der Waals surface area contributed by atoms with E-state index in [1.165, 1.54) is 18.2 Å². The largest absolute Gasteiger partial charge is 0.344 e. The molecule has 1 N–H and O–H groups in total. The zero-order chi connectivity index (χ0) is 15.4. The number of amides is 1. The van der Waals surface area contributed by atoms with E-state index in [-0.39, 0.29) is 23.2 Å². The van der Waals surface area contributed by atoms with Crippen LogP contribution in [0.4, 0.5) is 5.69 Å². The maximum atomic E-state index is 12.1. The second kappa shape index (κ2) is 6.45. The van der Waals surface area contributed by atoms with Crippen LogP contribution < -0.4 is 5.32 Å². The summed E-state index contributed by atoms with van der Waals surface area (Å²) in [7, 11) is 0. The third kappa shape index (κ3) is 3.63. The molecule has 0 bridgehead atoms. The van der Waals surface area contributed by atoms with Crippen LogP contribution in [0.15, 0.2) is 47.1 Å². The van der Waals surface area contributed by atoms with Crippen molar-refractivity contribution in [2.24, 2.45) is 0 Å². The number of nitro benzene ring substituents is 1. The molecule has 0 aliphatic carbocycles. The monoisotopic (exact) mass is 349 g/mol. The van der Waals surface area contributed by atoms with E-state index in [0.29, 0.717) is 4.47 Å². The van der Waals surface area contributed by atoms with Gasteiger partial charge >= 0.3 is 0 Å². The van der Waals surface area contributed by atoms with Crippen LogP contribution >= 0.6 is 15.9 Å². The molecule has 7 heteroatoms. The molecule has 1 heterocycles. The maximum Gasteiger partial charge on any atom is 0.284 e. The third-order valence-corrected chi connectivity index (χ3v) is 3.55. The molecule has 0 aliphatic heterocycles. The Morgan fingerprint density at radius 3 is 2.76 bits per heavy atom. The molecule has 2 rings (SSSR count). The van der Waals surface area contributed by atoms with Gasteiger partial charge in [-0.2, -0.15) is 0 Å². The average molecular weight is 350 g/mol. The second-order valence-electron chi connectivity index (χ2n) is 4.37. The van der Waals surface area contributed by atoms with E-state index in [2.05, 4.69) is 26.2 Å². The first-order valence-corrected chi connectivity index (χ1v) is 6.94. The van der Waals surface area contributed by atoms with Crippen LogP contribution in [0.1, 0.15) is 29.0 Å². The van der Waals surface area contributed by atoms with Crippen molar-refractivity contribution < 1.29 is 9.72 Å². The molecule has 1 aromatic carbocycles. The quantitative estimate of drug-likeness (QED) is 0.678. The van der Waals surface area contributed by atoms with E-state index >= 15 is 0 Å². The van der Waals surface area contributed by atoms with Gasteiger partial charge in [0, 0.05) is 17.8 Å². The van der Waals surface area contributed by atoms with E-state index < -0.39 is 4.92 Å². The molecule has 0 spiro atoms. The topological polar surface area (TPSA) is 85.1 Å². The van der Waals surface area contributed by atoms with Crippen LogP contribution in [0.3, 0.4) is 0 Å². The van der Waals surface area contributed by atoms with Gasteiger partial charge in [0.2, 0.25) is 0 Å². The van der Waals surface area contributed by atoms with E-state index in [4.69, 9.17) is 0 Å². The molecule has 1 amide bonds. The van der Waals surface area contributed by atoms with Crippen molar-refractivity contribution in [1.82, 2.24) is 10.3 Å². The number of hydrogen-bond donors (Lipinski definition) is 1. The standard InChI is InChI=1S/C14H12BrN3O3/c1-9(12-4-2-3-7-16-12)17-14(19)10-5-6-11(15)13(8-10)18(20)21/h2-9H,1H3,(H,17,19). The summed E-state index contributed by atoms with van der Waals surface area (Å²) in [4.78, 5) is 26.6. The van der Waals surface area contributed by atoms with Crippen LogP contribution in [-0.2, 0) is 0 Å². The molecule has 1 aromatic heterocycles. The van der Waals surface area contributed by atoms with Gasteiger partial charge in [0.15, 0.2) is 0 Å². The van der Waals surface area contributed by atoms with Crippen molar-refractivity contribution in [2.75, 3.05) is 0 Å². The lowest BCUT2D eigenvalue weighted by molar-refractivity contribution is -0.385. The Balaban J connectivity index is 2.17. The summed E-state index contributed by atoms with van der Waals surface area (Å²) in [6.07, 6.45) is 1.64. The number of rotatable bonds is 4. The minimum Gasteiger partial charge on any atom is -0.344 e. The first-order chi connectivity index (χ1) is 9.99. The summed E-state index contributed by atoms with van der Waals surface area (Å²) in [6.45, 7) is 1.80. The lowest BCUT2D eigenvalue weighted by atomic mass is 10.1. The predicted molar refractivity (Wildman–Crippen MR) is 80.9 cm³/mol. The number of carbonyl (C=O) groups is 1. The van der Waals surface area contributed by atoms with Gasteiger partial charge in [0.05, 0.1) is 21.1 Å². The summed E-state index contributed by atoms with van der Waals surface area (Å²) < 4.78 is 0.335. The number of benzene rings is 1. The van der Waals surface area contributed by atoms with Crippen molar-refractivity contribution in [3.8, 4) is 0 Å². The number of hydrogen-bond acceptors (Lipinski definition) is 4. The molecule has 0 fully saturated rings. The van der Waals surface area contributed by atoms with E-state index in [1.54, 1.807) is 25.3 Å². The fraction of sp³-hybridized carbons (Fsp3) is 0.143. The van der Waals surface area contributed by atoms with E-state index in [9.17, 15) is 14.9 Å². The zero-order valence-electron chi connectivity index (χ0n) is 11.1. The van der Waals surface area contributed by atoms with Gasteiger partial charge in [0.1, 0.15) is 0 Å². The third-order valence-electron chi connectivity index (χ3n) is 2.88. The van der Waals surface area contributed by atoms with Gasteiger partial charge in [-0.15, -0.1) is 0 Å². The highest BCUT2D eigenvalue weighted by molar-refractivity contribution is 9.10. The second-order valence-corrected chi connectivity index (χ2v) is 5.23. The van der Waals surface area contributed by atoms with Crippen molar-refractivity contribution in [2.45, 2.75) is 13.0 Å². The summed E-state index contributed by atoms with van der Waals surface area (Å²) >= 11 is 3.08. The Morgan fingerprint density at radius 2 is 2.14 bits per heavy atom. The van der Waals surface area contributed by atoms with Crippen molar-refractivity contribution >= 4 is 27.5 Å². The SMILES string of the molecule is CC(NC(=O)c1ccc(Br)c([N+](=O)[O-])c1)c1ccccn1. The summed E-state index contributed by atoms with van der Waals surface area (Å²) in [5.74, 6) is -0.385. The number of carbonyl (C=O) groups excluding carboxylic acids is 1. The van der Waals surface area contributed by atoms with Gasteiger partial charge in [-0.1, -0.05) is 6.07 Å². The van der Waals surface area contributed by atoms with Crippen LogP contribution in [-0.4, -0.2) is 15.8 Å². The number of nitrogens with zero attached hydrogens (tertiary/aromatic N) is 2. The lowest BCUT2D eigenvalue weighted by Crippen LogP contribution is -2.27. The highest BCUT2D eigenvalue weighted by atomic mass is 79.9. The smallest absolute Gasteiger partial charge is 0.284 e. The molecule has 0 radical (unpaired) electrons. The predicted octanol–water partition coefficient (Wildman–Crippen LogP) is 3.24. The Bertz CT molecular complexity index is 676. The van der Waals surface area contributed by atoms with Crippen LogP contribution in [0.25, 0.3) is 0 Å². The fourth-order valence-corrected chi connectivity index (χ4v) is 2.17. The van der Waals surface area contributed by atoms with Gasteiger partial charge in [0.25, 0.3) is 11.6 Å². The number of halogens is 1. The number of nitro groups is 1. The van der Waals surface area contributed by atoms with Crippen molar-refractivity contribution in [1.29, 1.82) is 0 Å². The molecule has 6 nitrogen and oxygen atoms in total. The summed E-state index contributed by atoms with van der Waals surface area (Å²) in [5, 5.41) is 13.6. The molecular weight excluding hydrogens is 338 g/mol. The fourth-order valence-electron chi connectivity index (χ4n) is 1.78. The van der Waals surface area contributed by atoms with Crippen molar-refractivity contribution in [3.63, 3.8) is 0 Å². The molecule has 0 saturated carbocycles. The minimum absolute atomic E-state index is 0.145. The maximum absolute atomic E-state index is 12.1. The molecule has 2 aromatic rings.